The summed E-state index contributed by atoms with van der Waals surface area (Å²) in [7, 11) is 0. The average molecular weight is 273 g/mol. The molecule has 106 valence electrons. The van der Waals surface area contributed by atoms with Crippen LogP contribution in [0.4, 0.5) is 8.78 Å². The summed E-state index contributed by atoms with van der Waals surface area (Å²) in [6.45, 7) is -0.679. The number of carbonyl (C=O) groups is 1. The van der Waals surface area contributed by atoms with Gasteiger partial charge in [-0.2, -0.15) is 8.78 Å². The van der Waals surface area contributed by atoms with Crippen LogP contribution in [-0.4, -0.2) is 23.7 Å². The summed E-state index contributed by atoms with van der Waals surface area (Å²) in [5, 5.41) is 11.8. The highest BCUT2D eigenvalue weighted by atomic mass is 19.3. The zero-order valence-electron chi connectivity index (χ0n) is 10.6. The molecule has 0 aliphatic carbocycles. The molecule has 0 bridgehead atoms. The highest BCUT2D eigenvalue weighted by Gasteiger charge is 2.15. The monoisotopic (exact) mass is 273 g/mol. The van der Waals surface area contributed by atoms with E-state index < -0.39 is 18.6 Å². The van der Waals surface area contributed by atoms with Crippen molar-refractivity contribution in [2.45, 2.75) is 39.0 Å². The lowest BCUT2D eigenvalue weighted by Gasteiger charge is -2.14. The molecule has 19 heavy (non-hydrogen) atoms. The van der Waals surface area contributed by atoms with E-state index in [9.17, 15) is 13.6 Å². The van der Waals surface area contributed by atoms with Crippen molar-refractivity contribution in [1.29, 1.82) is 0 Å². The molecule has 0 aliphatic heterocycles. The second-order valence-electron chi connectivity index (χ2n) is 4.09. The molecule has 0 spiro atoms. The number of aliphatic carboxylic acids is 1. The van der Waals surface area contributed by atoms with Crippen LogP contribution >= 0.6 is 0 Å². The molecule has 6 heteroatoms. The molecular formula is C13H17F2NO3. The maximum absolute atomic E-state index is 12.1. The number of rotatable bonds is 8. The Morgan fingerprint density at radius 2 is 2.21 bits per heavy atom. The molecule has 1 unspecified atom stereocenters. The minimum atomic E-state index is -2.87. The van der Waals surface area contributed by atoms with E-state index in [4.69, 9.17) is 5.11 Å². The maximum Gasteiger partial charge on any atom is 0.387 e. The summed E-state index contributed by atoms with van der Waals surface area (Å²) in [6, 6.07) is 5.56. The molecule has 1 aromatic rings. The van der Waals surface area contributed by atoms with Crippen LogP contribution in [0.5, 0.6) is 5.75 Å². The van der Waals surface area contributed by atoms with Crippen molar-refractivity contribution in [3.8, 4) is 5.75 Å². The molecule has 0 heterocycles. The molecule has 2 N–H and O–H groups in total. The lowest BCUT2D eigenvalue weighted by atomic mass is 10.1. The van der Waals surface area contributed by atoms with E-state index in [0.29, 0.717) is 12.0 Å². The Bertz CT molecular complexity index is 413. The lowest BCUT2D eigenvalue weighted by Crippen LogP contribution is -2.35. The molecule has 0 fully saturated rings. The molecule has 4 nitrogen and oxygen atoms in total. The molecule has 0 aliphatic rings. The summed E-state index contributed by atoms with van der Waals surface area (Å²) in [4.78, 5) is 10.9. The smallest absolute Gasteiger partial charge is 0.387 e. The number of carboxylic acid groups (broad SMARTS) is 1. The predicted octanol–water partition coefficient (Wildman–Crippen LogP) is 2.63. The van der Waals surface area contributed by atoms with Crippen LogP contribution in [0.15, 0.2) is 24.3 Å². The molecule has 0 saturated heterocycles. The topological polar surface area (TPSA) is 58.6 Å². The van der Waals surface area contributed by atoms with Crippen molar-refractivity contribution in [2.75, 3.05) is 0 Å². The van der Waals surface area contributed by atoms with Crippen molar-refractivity contribution in [1.82, 2.24) is 5.32 Å². The predicted molar refractivity (Wildman–Crippen MR) is 66.2 cm³/mol. The third kappa shape index (κ3) is 5.65. The maximum atomic E-state index is 12.1. The van der Waals surface area contributed by atoms with Crippen molar-refractivity contribution in [3.63, 3.8) is 0 Å². The van der Waals surface area contributed by atoms with Crippen LogP contribution in [0, 0.1) is 0 Å². The van der Waals surface area contributed by atoms with Gasteiger partial charge in [0.25, 0.3) is 0 Å². The quantitative estimate of drug-likeness (QED) is 0.764. The molecule has 0 aromatic heterocycles. The zero-order valence-corrected chi connectivity index (χ0v) is 10.6. The van der Waals surface area contributed by atoms with Gasteiger partial charge in [-0.25, -0.2) is 0 Å². The first kappa shape index (κ1) is 15.4. The summed E-state index contributed by atoms with van der Waals surface area (Å²) in [6.07, 6.45) is 1.26. The number of hydrogen-bond donors (Lipinski definition) is 2. The Hall–Kier alpha value is -1.69. The van der Waals surface area contributed by atoms with Crippen LogP contribution < -0.4 is 10.1 Å². The standard InChI is InChI=1S/C13H17F2NO3/c1-2-4-11(12(17)18)16-8-9-5-3-6-10(7-9)19-13(14)15/h3,5-7,11,13,16H,2,4,8H2,1H3,(H,17,18). The van der Waals surface area contributed by atoms with Gasteiger partial charge in [-0.3, -0.25) is 4.79 Å². The highest BCUT2D eigenvalue weighted by Crippen LogP contribution is 2.16. The fourth-order valence-corrected chi connectivity index (χ4v) is 1.67. The van der Waals surface area contributed by atoms with E-state index in [1.165, 1.54) is 12.1 Å². The molecular weight excluding hydrogens is 256 g/mol. The van der Waals surface area contributed by atoms with Crippen LogP contribution in [0.3, 0.4) is 0 Å². The molecule has 0 amide bonds. The van der Waals surface area contributed by atoms with Crippen molar-refractivity contribution < 1.29 is 23.4 Å². The third-order valence-electron chi connectivity index (χ3n) is 2.55. The molecule has 1 aromatic carbocycles. The molecule has 1 atom stereocenters. The number of halogens is 2. The van der Waals surface area contributed by atoms with Gasteiger partial charge in [0.1, 0.15) is 11.8 Å². The summed E-state index contributed by atoms with van der Waals surface area (Å²) in [5.74, 6) is -0.849. The zero-order chi connectivity index (χ0) is 14.3. The number of benzene rings is 1. The third-order valence-corrected chi connectivity index (χ3v) is 2.55. The summed E-state index contributed by atoms with van der Waals surface area (Å²) < 4.78 is 28.4. The first-order chi connectivity index (χ1) is 9.02. The van der Waals surface area contributed by atoms with Gasteiger partial charge in [0.15, 0.2) is 0 Å². The van der Waals surface area contributed by atoms with Crippen molar-refractivity contribution in [2.24, 2.45) is 0 Å². The Balaban J connectivity index is 2.58. The Morgan fingerprint density at radius 1 is 1.47 bits per heavy atom. The van der Waals surface area contributed by atoms with Crippen molar-refractivity contribution in [3.05, 3.63) is 29.8 Å². The molecule has 1 rings (SSSR count). The van der Waals surface area contributed by atoms with E-state index in [0.717, 1.165) is 6.42 Å². The van der Waals surface area contributed by atoms with Gasteiger partial charge in [-0.1, -0.05) is 25.5 Å². The number of carboxylic acids is 1. The van der Waals surface area contributed by atoms with E-state index in [-0.39, 0.29) is 12.3 Å². The number of nitrogens with one attached hydrogen (secondary N) is 1. The van der Waals surface area contributed by atoms with E-state index >= 15 is 0 Å². The Morgan fingerprint density at radius 3 is 2.79 bits per heavy atom. The fraction of sp³-hybridized carbons (Fsp3) is 0.462. The number of hydrogen-bond acceptors (Lipinski definition) is 3. The van der Waals surface area contributed by atoms with Gasteiger partial charge in [0.05, 0.1) is 0 Å². The van der Waals surface area contributed by atoms with Crippen LogP contribution in [0.1, 0.15) is 25.3 Å². The van der Waals surface area contributed by atoms with Gasteiger partial charge in [0.2, 0.25) is 0 Å². The Labute approximate surface area is 110 Å². The SMILES string of the molecule is CCCC(NCc1cccc(OC(F)F)c1)C(=O)O. The van der Waals surface area contributed by atoms with Crippen LogP contribution in [0.2, 0.25) is 0 Å². The van der Waals surface area contributed by atoms with Crippen LogP contribution in [0.25, 0.3) is 0 Å². The van der Waals surface area contributed by atoms with E-state index in [2.05, 4.69) is 10.1 Å². The van der Waals surface area contributed by atoms with Gasteiger partial charge >= 0.3 is 12.6 Å². The average Bonchev–Trinajstić information content (AvgIpc) is 2.33. The Kier molecular flexibility index (Phi) is 6.21. The minimum Gasteiger partial charge on any atom is -0.480 e. The number of alkyl halides is 2. The largest absolute Gasteiger partial charge is 0.480 e. The van der Waals surface area contributed by atoms with E-state index in [1.807, 2.05) is 6.92 Å². The molecule has 0 saturated carbocycles. The van der Waals surface area contributed by atoms with Gasteiger partial charge in [-0.15, -0.1) is 0 Å². The summed E-state index contributed by atoms with van der Waals surface area (Å²) >= 11 is 0. The van der Waals surface area contributed by atoms with Crippen LogP contribution in [-0.2, 0) is 11.3 Å². The molecule has 0 radical (unpaired) electrons. The fourth-order valence-electron chi connectivity index (χ4n) is 1.67. The van der Waals surface area contributed by atoms with Gasteiger partial charge in [0, 0.05) is 6.54 Å². The van der Waals surface area contributed by atoms with E-state index in [1.54, 1.807) is 12.1 Å². The van der Waals surface area contributed by atoms with Gasteiger partial charge in [-0.05, 0) is 24.1 Å². The number of ether oxygens (including phenoxy) is 1. The first-order valence-electron chi connectivity index (χ1n) is 6.03. The minimum absolute atomic E-state index is 0.0664. The lowest BCUT2D eigenvalue weighted by molar-refractivity contribution is -0.139. The second kappa shape index (κ2) is 7.68. The second-order valence-corrected chi connectivity index (χ2v) is 4.09. The summed E-state index contributed by atoms with van der Waals surface area (Å²) in [5.41, 5.74) is 0.695. The van der Waals surface area contributed by atoms with Gasteiger partial charge < -0.3 is 15.2 Å². The van der Waals surface area contributed by atoms with Crippen molar-refractivity contribution >= 4 is 5.97 Å². The highest BCUT2D eigenvalue weighted by molar-refractivity contribution is 5.73. The normalized spacial score (nSPS) is 12.4. The first-order valence-corrected chi connectivity index (χ1v) is 6.03.